The van der Waals surface area contributed by atoms with Crippen LogP contribution in [0.4, 0.5) is 13.2 Å². The van der Waals surface area contributed by atoms with Gasteiger partial charge in [0, 0.05) is 18.5 Å². The summed E-state index contributed by atoms with van der Waals surface area (Å²) in [7, 11) is 0. The van der Waals surface area contributed by atoms with E-state index in [1.165, 1.54) is 0 Å². The van der Waals surface area contributed by atoms with E-state index >= 15 is 0 Å². The van der Waals surface area contributed by atoms with Gasteiger partial charge in [-0.2, -0.15) is 13.2 Å². The van der Waals surface area contributed by atoms with E-state index in [4.69, 9.17) is 0 Å². The Morgan fingerprint density at radius 3 is 2.53 bits per heavy atom. The molecule has 1 heterocycles. The minimum absolute atomic E-state index is 0.00395. The minimum atomic E-state index is -4.34. The predicted octanol–water partition coefficient (Wildman–Crippen LogP) is 2.56. The molecule has 0 aromatic heterocycles. The number of halogens is 3. The summed E-state index contributed by atoms with van der Waals surface area (Å²) in [5, 5.41) is 3.23. The van der Waals surface area contributed by atoms with E-state index < -0.39 is 24.7 Å². The van der Waals surface area contributed by atoms with Gasteiger partial charge < -0.3 is 10.2 Å². The van der Waals surface area contributed by atoms with Crippen molar-refractivity contribution in [3.63, 3.8) is 0 Å². The van der Waals surface area contributed by atoms with Crippen LogP contribution in [0.2, 0.25) is 0 Å². The third-order valence-corrected chi connectivity index (χ3v) is 3.62. The van der Waals surface area contributed by atoms with Crippen molar-refractivity contribution in [3.05, 3.63) is 0 Å². The van der Waals surface area contributed by atoms with Gasteiger partial charge in [0.25, 0.3) is 0 Å². The third kappa shape index (κ3) is 5.38. The Hall–Kier alpha value is -0.780. The Morgan fingerprint density at radius 1 is 1.42 bits per heavy atom. The summed E-state index contributed by atoms with van der Waals surface area (Å²) in [6, 6.07) is -0.441. The van der Waals surface area contributed by atoms with Crippen molar-refractivity contribution in [1.29, 1.82) is 0 Å². The Labute approximate surface area is 112 Å². The highest BCUT2D eigenvalue weighted by molar-refractivity contribution is 5.77. The van der Waals surface area contributed by atoms with Gasteiger partial charge in [-0.15, -0.1) is 0 Å². The molecule has 2 unspecified atom stereocenters. The van der Waals surface area contributed by atoms with Crippen molar-refractivity contribution >= 4 is 5.91 Å². The van der Waals surface area contributed by atoms with E-state index in [-0.39, 0.29) is 12.5 Å². The number of nitrogens with zero attached hydrogens (tertiary/aromatic N) is 1. The first-order valence-electron chi connectivity index (χ1n) is 6.80. The molecule has 0 aliphatic carbocycles. The average molecular weight is 280 g/mol. The first-order chi connectivity index (χ1) is 8.70. The molecule has 1 N–H and O–H groups in total. The second kappa shape index (κ2) is 6.59. The van der Waals surface area contributed by atoms with Crippen LogP contribution in [0, 0.1) is 5.92 Å². The van der Waals surface area contributed by atoms with Gasteiger partial charge in [-0.25, -0.2) is 0 Å². The fraction of sp³-hybridized carbons (Fsp3) is 0.923. The van der Waals surface area contributed by atoms with Crippen LogP contribution in [-0.4, -0.2) is 42.2 Å². The molecule has 1 saturated heterocycles. The second-order valence-corrected chi connectivity index (χ2v) is 5.61. The van der Waals surface area contributed by atoms with Crippen LogP contribution in [0.5, 0.6) is 0 Å². The van der Waals surface area contributed by atoms with E-state index in [9.17, 15) is 18.0 Å². The number of carbonyl (C=O) groups is 1. The first kappa shape index (κ1) is 16.3. The van der Waals surface area contributed by atoms with Crippen LogP contribution >= 0.6 is 0 Å². The lowest BCUT2D eigenvalue weighted by atomic mass is 9.90. The van der Waals surface area contributed by atoms with Crippen molar-refractivity contribution in [2.75, 3.05) is 13.1 Å². The number of hydrogen-bond acceptors (Lipinski definition) is 2. The van der Waals surface area contributed by atoms with Gasteiger partial charge in [-0.3, -0.25) is 4.79 Å². The number of rotatable bonds is 4. The van der Waals surface area contributed by atoms with Gasteiger partial charge in [0.05, 0.1) is 0 Å². The van der Waals surface area contributed by atoms with Crippen molar-refractivity contribution < 1.29 is 18.0 Å². The predicted molar refractivity (Wildman–Crippen MR) is 67.7 cm³/mol. The molecule has 0 aromatic rings. The van der Waals surface area contributed by atoms with Crippen LogP contribution in [-0.2, 0) is 4.79 Å². The van der Waals surface area contributed by atoms with E-state index in [1.54, 1.807) is 13.8 Å². The van der Waals surface area contributed by atoms with Gasteiger partial charge in [0.1, 0.15) is 6.54 Å². The summed E-state index contributed by atoms with van der Waals surface area (Å²) in [6.07, 6.45) is -2.12. The van der Waals surface area contributed by atoms with Gasteiger partial charge in [0.2, 0.25) is 5.91 Å². The molecule has 1 amide bonds. The van der Waals surface area contributed by atoms with Crippen molar-refractivity contribution in [2.45, 2.75) is 58.3 Å². The Balaban J connectivity index is 2.61. The number of carbonyl (C=O) groups excluding carboxylic acids is 1. The van der Waals surface area contributed by atoms with Gasteiger partial charge >= 0.3 is 6.18 Å². The molecule has 1 aliphatic rings. The lowest BCUT2D eigenvalue weighted by molar-refractivity contribution is -0.165. The molecule has 1 rings (SSSR count). The molecule has 0 bridgehead atoms. The summed E-state index contributed by atoms with van der Waals surface area (Å²) >= 11 is 0. The first-order valence-corrected chi connectivity index (χ1v) is 6.80. The SMILES string of the molecule is CC1CCCNC1CC(=O)N(CC(F)(F)F)C(C)C. The average Bonchev–Trinajstić information content (AvgIpc) is 2.27. The lowest BCUT2D eigenvalue weighted by Gasteiger charge is -2.33. The highest BCUT2D eigenvalue weighted by Gasteiger charge is 2.35. The molecular weight excluding hydrogens is 257 g/mol. The van der Waals surface area contributed by atoms with E-state index in [2.05, 4.69) is 5.32 Å². The molecule has 0 saturated carbocycles. The molecular formula is C13H23F3N2O. The molecule has 19 heavy (non-hydrogen) atoms. The van der Waals surface area contributed by atoms with E-state index in [1.807, 2.05) is 6.92 Å². The summed E-state index contributed by atoms with van der Waals surface area (Å²) < 4.78 is 37.4. The highest BCUT2D eigenvalue weighted by Crippen LogP contribution is 2.22. The van der Waals surface area contributed by atoms with Crippen LogP contribution in [0.25, 0.3) is 0 Å². The number of hydrogen-bond donors (Lipinski definition) is 1. The summed E-state index contributed by atoms with van der Waals surface area (Å²) in [5.41, 5.74) is 0. The van der Waals surface area contributed by atoms with Crippen LogP contribution < -0.4 is 5.32 Å². The number of piperidine rings is 1. The van der Waals surface area contributed by atoms with E-state index in [0.29, 0.717) is 5.92 Å². The van der Waals surface area contributed by atoms with Crippen LogP contribution in [0.15, 0.2) is 0 Å². The molecule has 0 radical (unpaired) electrons. The lowest BCUT2D eigenvalue weighted by Crippen LogP contribution is -2.48. The summed E-state index contributed by atoms with van der Waals surface area (Å²) in [6.45, 7) is 4.93. The zero-order chi connectivity index (χ0) is 14.6. The monoisotopic (exact) mass is 280 g/mol. The molecule has 6 heteroatoms. The number of amides is 1. The van der Waals surface area contributed by atoms with Crippen molar-refractivity contribution in [1.82, 2.24) is 10.2 Å². The molecule has 3 nitrogen and oxygen atoms in total. The Morgan fingerprint density at radius 2 is 2.05 bits per heavy atom. The molecule has 0 aromatic carbocycles. The topological polar surface area (TPSA) is 32.3 Å². The third-order valence-electron chi connectivity index (χ3n) is 3.62. The smallest absolute Gasteiger partial charge is 0.331 e. The molecule has 0 spiro atoms. The van der Waals surface area contributed by atoms with Gasteiger partial charge in [-0.1, -0.05) is 6.92 Å². The minimum Gasteiger partial charge on any atom is -0.331 e. The number of nitrogens with one attached hydrogen (secondary N) is 1. The standard InChI is InChI=1S/C13H23F3N2O/c1-9(2)18(8-13(14,15)16)12(19)7-11-10(3)5-4-6-17-11/h9-11,17H,4-8H2,1-3H3. The number of alkyl halides is 3. The van der Waals surface area contributed by atoms with Crippen molar-refractivity contribution in [2.24, 2.45) is 5.92 Å². The fourth-order valence-corrected chi connectivity index (χ4v) is 2.44. The maximum absolute atomic E-state index is 12.5. The summed E-state index contributed by atoms with van der Waals surface area (Å²) in [4.78, 5) is 13.0. The van der Waals surface area contributed by atoms with Gasteiger partial charge in [0.15, 0.2) is 0 Å². The summed E-state index contributed by atoms with van der Waals surface area (Å²) in [5.74, 6) is -0.0869. The fourth-order valence-electron chi connectivity index (χ4n) is 2.44. The van der Waals surface area contributed by atoms with E-state index in [0.717, 1.165) is 24.3 Å². The zero-order valence-electron chi connectivity index (χ0n) is 11.8. The zero-order valence-corrected chi connectivity index (χ0v) is 11.8. The van der Waals surface area contributed by atoms with Crippen molar-refractivity contribution in [3.8, 4) is 0 Å². The largest absolute Gasteiger partial charge is 0.406 e. The van der Waals surface area contributed by atoms with Crippen LogP contribution in [0.3, 0.4) is 0 Å². The maximum Gasteiger partial charge on any atom is 0.406 e. The van der Waals surface area contributed by atoms with Gasteiger partial charge in [-0.05, 0) is 39.2 Å². The quantitative estimate of drug-likeness (QED) is 0.858. The second-order valence-electron chi connectivity index (χ2n) is 5.61. The highest BCUT2D eigenvalue weighted by atomic mass is 19.4. The van der Waals surface area contributed by atoms with Crippen LogP contribution in [0.1, 0.15) is 40.0 Å². The normalized spacial score (nSPS) is 24.6. The molecule has 1 aliphatic heterocycles. The molecule has 2 atom stereocenters. The molecule has 112 valence electrons. The maximum atomic E-state index is 12.5. The molecule has 1 fully saturated rings. The Bertz CT molecular complexity index is 305. The Kier molecular flexibility index (Phi) is 5.64.